The Balaban J connectivity index is 1.14. The van der Waals surface area contributed by atoms with Gasteiger partial charge in [-0.1, -0.05) is 121 Å². The van der Waals surface area contributed by atoms with E-state index >= 15 is 0 Å². The molecule has 45 heavy (non-hydrogen) atoms. The van der Waals surface area contributed by atoms with Gasteiger partial charge < -0.3 is 9.80 Å². The zero-order chi connectivity index (χ0) is 30.4. The van der Waals surface area contributed by atoms with Crippen LogP contribution in [0.15, 0.2) is 176 Å². The first kappa shape index (κ1) is 27.9. The number of para-hydroxylation sites is 2. The number of benzene rings is 7. The van der Waals surface area contributed by atoms with Gasteiger partial charge in [0.1, 0.15) is 0 Å². The number of fused-ring (bicyclic) bond motifs is 1. The smallest absolute Gasteiger partial charge is 0.0468 e. The molecule has 0 aromatic heterocycles. The lowest BCUT2D eigenvalue weighted by atomic mass is 10.1. The molecule has 0 amide bonds. The molecule has 0 spiro atoms. The Kier molecular flexibility index (Phi) is 7.94. The minimum atomic E-state index is 1.12. The van der Waals surface area contributed by atoms with Crippen LogP contribution in [-0.4, -0.2) is 0 Å². The summed E-state index contributed by atoms with van der Waals surface area (Å²) in [5.74, 6) is 0. The van der Waals surface area contributed by atoms with Crippen LogP contribution >= 0.6 is 0 Å². The fourth-order valence-corrected chi connectivity index (χ4v) is 5.72. The minimum Gasteiger partial charge on any atom is -0.311 e. The SMILES string of the molecule is Cc1ccc(N(c2ccc(/C=C/c3ccc(N(c4ccccc4)c4ccccc4)cc3)cc2)c2ccc3ccccc3c2)cc1. The molecule has 0 atom stereocenters. The minimum absolute atomic E-state index is 1.12. The van der Waals surface area contributed by atoms with Crippen molar-refractivity contribution in [2.24, 2.45) is 0 Å². The van der Waals surface area contributed by atoms with Gasteiger partial charge in [-0.05, 0) is 102 Å². The van der Waals surface area contributed by atoms with Crippen LogP contribution in [0.2, 0.25) is 0 Å². The van der Waals surface area contributed by atoms with Gasteiger partial charge in [0.2, 0.25) is 0 Å². The van der Waals surface area contributed by atoms with Gasteiger partial charge in [-0.15, -0.1) is 0 Å². The van der Waals surface area contributed by atoms with Crippen molar-refractivity contribution in [1.82, 2.24) is 0 Å². The van der Waals surface area contributed by atoms with Crippen molar-refractivity contribution in [3.63, 3.8) is 0 Å². The Morgan fingerprint density at radius 2 is 0.711 bits per heavy atom. The van der Waals surface area contributed by atoms with E-state index in [1.54, 1.807) is 0 Å². The van der Waals surface area contributed by atoms with Crippen LogP contribution in [0.25, 0.3) is 22.9 Å². The van der Waals surface area contributed by atoms with Crippen molar-refractivity contribution in [3.05, 3.63) is 193 Å². The molecule has 0 aliphatic heterocycles. The zero-order valence-electron chi connectivity index (χ0n) is 25.3. The van der Waals surface area contributed by atoms with Crippen LogP contribution in [0, 0.1) is 6.92 Å². The molecule has 0 aliphatic carbocycles. The summed E-state index contributed by atoms with van der Waals surface area (Å²) in [6, 6.07) is 62.4. The lowest BCUT2D eigenvalue weighted by molar-refractivity contribution is 1.28. The Bertz CT molecular complexity index is 1990. The average molecular weight is 579 g/mol. The number of hydrogen-bond donors (Lipinski definition) is 0. The molecule has 0 N–H and O–H groups in total. The number of anilines is 6. The monoisotopic (exact) mass is 578 g/mol. The molecule has 0 unspecified atom stereocenters. The topological polar surface area (TPSA) is 6.48 Å². The number of aryl methyl sites for hydroxylation is 1. The largest absolute Gasteiger partial charge is 0.311 e. The molecule has 0 aliphatic rings. The van der Waals surface area contributed by atoms with Crippen LogP contribution in [-0.2, 0) is 0 Å². The van der Waals surface area contributed by atoms with Crippen molar-refractivity contribution in [1.29, 1.82) is 0 Å². The normalized spacial score (nSPS) is 11.1. The van der Waals surface area contributed by atoms with E-state index in [1.165, 1.54) is 16.3 Å². The highest BCUT2D eigenvalue weighted by atomic mass is 15.1. The van der Waals surface area contributed by atoms with Crippen molar-refractivity contribution in [2.75, 3.05) is 9.80 Å². The average Bonchev–Trinajstić information content (AvgIpc) is 3.10. The second-order valence-electron chi connectivity index (χ2n) is 11.2. The van der Waals surface area contributed by atoms with Crippen molar-refractivity contribution in [3.8, 4) is 0 Å². The summed E-state index contributed by atoms with van der Waals surface area (Å²) >= 11 is 0. The highest BCUT2D eigenvalue weighted by Gasteiger charge is 2.14. The summed E-state index contributed by atoms with van der Waals surface area (Å²) in [5.41, 5.74) is 10.3. The van der Waals surface area contributed by atoms with Crippen molar-refractivity contribution >= 4 is 57.0 Å². The molecule has 0 bridgehead atoms. The molecule has 216 valence electrons. The molecule has 2 nitrogen and oxygen atoms in total. The lowest BCUT2D eigenvalue weighted by Crippen LogP contribution is -2.09. The standard InChI is InChI=1S/C43H34N2/c1-33-16-25-40(26-17-33)45(43-31-24-36-10-8-9-11-37(36)32-43)42-29-22-35(23-30-42)19-18-34-20-27-41(28-21-34)44(38-12-4-2-5-13-38)39-14-6-3-7-15-39/h2-32H,1H3/b19-18+. The van der Waals surface area contributed by atoms with E-state index in [9.17, 15) is 0 Å². The van der Waals surface area contributed by atoms with E-state index in [0.29, 0.717) is 0 Å². The van der Waals surface area contributed by atoms with E-state index in [0.717, 1.165) is 45.3 Å². The van der Waals surface area contributed by atoms with Crippen LogP contribution < -0.4 is 9.80 Å². The second-order valence-corrected chi connectivity index (χ2v) is 11.2. The van der Waals surface area contributed by atoms with Gasteiger partial charge in [-0.25, -0.2) is 0 Å². The molecule has 0 fully saturated rings. The predicted octanol–water partition coefficient (Wildman–Crippen LogP) is 12.3. The van der Waals surface area contributed by atoms with Crippen molar-refractivity contribution in [2.45, 2.75) is 6.92 Å². The number of hydrogen-bond acceptors (Lipinski definition) is 2. The quantitative estimate of drug-likeness (QED) is 0.166. The van der Waals surface area contributed by atoms with Crippen LogP contribution in [0.3, 0.4) is 0 Å². The third-order valence-electron chi connectivity index (χ3n) is 8.08. The van der Waals surface area contributed by atoms with Crippen molar-refractivity contribution < 1.29 is 0 Å². The van der Waals surface area contributed by atoms with Gasteiger partial charge in [0.25, 0.3) is 0 Å². The van der Waals surface area contributed by atoms with E-state index < -0.39 is 0 Å². The summed E-state index contributed by atoms with van der Waals surface area (Å²) in [5, 5.41) is 2.47. The maximum atomic E-state index is 2.32. The third kappa shape index (κ3) is 6.27. The van der Waals surface area contributed by atoms with Gasteiger partial charge in [0.15, 0.2) is 0 Å². The second kappa shape index (κ2) is 12.8. The van der Waals surface area contributed by atoms with E-state index in [1.807, 2.05) is 0 Å². The predicted molar refractivity (Wildman–Crippen MR) is 193 cm³/mol. The molecule has 0 saturated heterocycles. The van der Waals surface area contributed by atoms with E-state index in [2.05, 4.69) is 205 Å². The molecule has 7 rings (SSSR count). The summed E-state index contributed by atoms with van der Waals surface area (Å²) in [6.07, 6.45) is 4.35. The summed E-state index contributed by atoms with van der Waals surface area (Å²) in [4.78, 5) is 4.60. The highest BCUT2D eigenvalue weighted by molar-refractivity contribution is 5.89. The number of nitrogens with zero attached hydrogens (tertiary/aromatic N) is 2. The summed E-state index contributed by atoms with van der Waals surface area (Å²) in [7, 11) is 0. The fourth-order valence-electron chi connectivity index (χ4n) is 5.72. The van der Waals surface area contributed by atoms with Crippen LogP contribution in [0.1, 0.15) is 16.7 Å². The van der Waals surface area contributed by atoms with Gasteiger partial charge >= 0.3 is 0 Å². The summed E-state index contributed by atoms with van der Waals surface area (Å²) in [6.45, 7) is 2.13. The summed E-state index contributed by atoms with van der Waals surface area (Å²) < 4.78 is 0. The highest BCUT2D eigenvalue weighted by Crippen LogP contribution is 2.37. The lowest BCUT2D eigenvalue weighted by Gasteiger charge is -2.26. The molecule has 2 heteroatoms. The molecular weight excluding hydrogens is 544 g/mol. The Labute approximate surface area is 265 Å². The Hall–Kier alpha value is -5.86. The van der Waals surface area contributed by atoms with Gasteiger partial charge in [-0.2, -0.15) is 0 Å². The molecule has 7 aromatic rings. The third-order valence-corrected chi connectivity index (χ3v) is 8.08. The molecule has 0 saturated carbocycles. The fraction of sp³-hybridized carbons (Fsp3) is 0.0233. The molecular formula is C43H34N2. The molecule has 0 heterocycles. The Morgan fingerprint density at radius 1 is 0.333 bits per heavy atom. The first-order valence-electron chi connectivity index (χ1n) is 15.4. The van der Waals surface area contributed by atoms with Gasteiger partial charge in [0, 0.05) is 34.1 Å². The number of rotatable bonds is 8. The zero-order valence-corrected chi connectivity index (χ0v) is 25.3. The molecule has 7 aromatic carbocycles. The maximum Gasteiger partial charge on any atom is 0.0468 e. The van der Waals surface area contributed by atoms with E-state index in [4.69, 9.17) is 0 Å². The van der Waals surface area contributed by atoms with Crippen LogP contribution in [0.5, 0.6) is 0 Å². The first-order valence-corrected chi connectivity index (χ1v) is 15.4. The Morgan fingerprint density at radius 3 is 1.22 bits per heavy atom. The van der Waals surface area contributed by atoms with Gasteiger partial charge in [-0.3, -0.25) is 0 Å². The van der Waals surface area contributed by atoms with Crippen LogP contribution in [0.4, 0.5) is 34.1 Å². The van der Waals surface area contributed by atoms with E-state index in [-0.39, 0.29) is 0 Å². The first-order chi connectivity index (χ1) is 22.2. The molecule has 0 radical (unpaired) electrons. The maximum absolute atomic E-state index is 2.32. The van der Waals surface area contributed by atoms with Gasteiger partial charge in [0.05, 0.1) is 0 Å².